The van der Waals surface area contributed by atoms with Gasteiger partial charge in [0, 0.05) is 5.75 Å². The second-order valence-corrected chi connectivity index (χ2v) is 6.97. The Morgan fingerprint density at radius 2 is 1.94 bits per heavy atom. The molecule has 0 spiro atoms. The van der Waals surface area contributed by atoms with Crippen LogP contribution < -0.4 is 0 Å². The Bertz CT molecular complexity index is 344. The molecule has 1 aromatic rings. The zero-order chi connectivity index (χ0) is 12.5. The summed E-state index contributed by atoms with van der Waals surface area (Å²) in [5.74, 6) is 0.299. The Labute approximate surface area is 114 Å². The molecule has 17 heavy (non-hydrogen) atoms. The van der Waals surface area contributed by atoms with Crippen molar-refractivity contribution in [3.63, 3.8) is 0 Å². The minimum atomic E-state index is -0.820. The monoisotopic (exact) mass is 292 g/mol. The van der Waals surface area contributed by atoms with Gasteiger partial charge in [-0.3, -0.25) is 4.79 Å². The number of rotatable bonds is 9. The van der Waals surface area contributed by atoms with Gasteiger partial charge in [-0.2, -0.15) is 0 Å². The lowest BCUT2D eigenvalue weighted by atomic mass is 10.2. The predicted octanol–water partition coefficient (Wildman–Crippen LogP) is 3.39. The standard InChI is InChI=1S/C10H16N2O2S3/c1-2-3-4-5-6-15-9-11-12-10(17-9)16-7-8(13)14/h2-7H2,1H3,(H,13,14). The van der Waals surface area contributed by atoms with Crippen molar-refractivity contribution in [2.75, 3.05) is 11.5 Å². The first-order chi connectivity index (χ1) is 8.22. The van der Waals surface area contributed by atoms with E-state index < -0.39 is 5.97 Å². The van der Waals surface area contributed by atoms with E-state index in [2.05, 4.69) is 17.1 Å². The molecule has 1 aromatic heterocycles. The third-order valence-corrected chi connectivity index (χ3v) is 5.19. The minimum absolute atomic E-state index is 0.0514. The van der Waals surface area contributed by atoms with Crippen LogP contribution in [-0.4, -0.2) is 32.8 Å². The smallest absolute Gasteiger partial charge is 0.313 e. The van der Waals surface area contributed by atoms with Gasteiger partial charge < -0.3 is 5.11 Å². The van der Waals surface area contributed by atoms with E-state index in [9.17, 15) is 4.79 Å². The Morgan fingerprint density at radius 3 is 2.59 bits per heavy atom. The van der Waals surface area contributed by atoms with E-state index in [1.54, 1.807) is 11.8 Å². The van der Waals surface area contributed by atoms with E-state index in [-0.39, 0.29) is 5.75 Å². The Balaban J connectivity index is 2.19. The summed E-state index contributed by atoms with van der Waals surface area (Å²) >= 11 is 4.42. The first-order valence-electron chi connectivity index (χ1n) is 5.53. The maximum atomic E-state index is 10.4. The summed E-state index contributed by atoms with van der Waals surface area (Å²) in [5.41, 5.74) is 0. The lowest BCUT2D eigenvalue weighted by molar-refractivity contribution is -0.133. The van der Waals surface area contributed by atoms with Gasteiger partial charge in [0.1, 0.15) is 0 Å². The average Bonchev–Trinajstić information content (AvgIpc) is 2.74. The molecule has 0 aliphatic rings. The molecule has 0 unspecified atom stereocenters. The number of carboxylic acid groups (broad SMARTS) is 1. The molecule has 0 saturated heterocycles. The van der Waals surface area contributed by atoms with Gasteiger partial charge in [-0.25, -0.2) is 0 Å². The Kier molecular flexibility index (Phi) is 7.63. The van der Waals surface area contributed by atoms with Crippen LogP contribution in [0, 0.1) is 0 Å². The van der Waals surface area contributed by atoms with Crippen molar-refractivity contribution in [3.05, 3.63) is 0 Å². The van der Waals surface area contributed by atoms with Crippen LogP contribution in [0.3, 0.4) is 0 Å². The molecular weight excluding hydrogens is 276 g/mol. The number of carbonyl (C=O) groups is 1. The van der Waals surface area contributed by atoms with Crippen LogP contribution in [0.25, 0.3) is 0 Å². The maximum absolute atomic E-state index is 10.4. The fourth-order valence-electron chi connectivity index (χ4n) is 1.13. The lowest BCUT2D eigenvalue weighted by Gasteiger charge is -1.96. The first-order valence-corrected chi connectivity index (χ1v) is 8.32. The maximum Gasteiger partial charge on any atom is 0.313 e. The third kappa shape index (κ3) is 6.90. The molecule has 0 aromatic carbocycles. The molecule has 4 nitrogen and oxygen atoms in total. The minimum Gasteiger partial charge on any atom is -0.481 e. The summed E-state index contributed by atoms with van der Waals surface area (Å²) < 4.78 is 1.68. The molecule has 96 valence electrons. The second-order valence-electron chi connectivity index (χ2n) is 3.43. The third-order valence-electron chi connectivity index (χ3n) is 1.93. The van der Waals surface area contributed by atoms with Gasteiger partial charge >= 0.3 is 5.97 Å². The summed E-state index contributed by atoms with van der Waals surface area (Å²) in [4.78, 5) is 10.4. The predicted molar refractivity (Wildman–Crippen MR) is 73.1 cm³/mol. The first kappa shape index (κ1) is 14.8. The fourth-order valence-corrected chi connectivity index (χ4v) is 3.94. The average molecular weight is 292 g/mol. The number of hydrogen-bond donors (Lipinski definition) is 1. The highest BCUT2D eigenvalue weighted by molar-refractivity contribution is 8.03. The molecule has 0 saturated carbocycles. The Hall–Kier alpha value is -0.270. The largest absolute Gasteiger partial charge is 0.481 e. The van der Waals surface area contributed by atoms with Crippen LogP contribution in [0.4, 0.5) is 0 Å². The van der Waals surface area contributed by atoms with Crippen LogP contribution in [0.5, 0.6) is 0 Å². The topological polar surface area (TPSA) is 63.1 Å². The van der Waals surface area contributed by atoms with Gasteiger partial charge in [0.2, 0.25) is 0 Å². The highest BCUT2D eigenvalue weighted by atomic mass is 32.2. The van der Waals surface area contributed by atoms with Gasteiger partial charge in [0.15, 0.2) is 8.68 Å². The van der Waals surface area contributed by atoms with Crippen LogP contribution in [0.15, 0.2) is 8.68 Å². The van der Waals surface area contributed by atoms with Gasteiger partial charge in [0.25, 0.3) is 0 Å². The normalized spacial score (nSPS) is 10.6. The molecule has 1 N–H and O–H groups in total. The van der Waals surface area contributed by atoms with Crippen LogP contribution in [0.2, 0.25) is 0 Å². The lowest BCUT2D eigenvalue weighted by Crippen LogP contribution is -1.96. The summed E-state index contributed by atoms with van der Waals surface area (Å²) in [5, 5.41) is 16.5. The number of unbranched alkanes of at least 4 members (excludes halogenated alkanes) is 3. The van der Waals surface area contributed by atoms with Crippen molar-refractivity contribution in [1.82, 2.24) is 10.2 Å². The Morgan fingerprint density at radius 1 is 1.24 bits per heavy atom. The van der Waals surface area contributed by atoms with Gasteiger partial charge in [-0.15, -0.1) is 10.2 Å². The summed E-state index contributed by atoms with van der Waals surface area (Å²) in [6, 6.07) is 0. The molecule has 7 heteroatoms. The molecule has 0 fully saturated rings. The number of nitrogens with zero attached hydrogens (tertiary/aromatic N) is 2. The van der Waals surface area contributed by atoms with Crippen molar-refractivity contribution in [1.29, 1.82) is 0 Å². The van der Waals surface area contributed by atoms with E-state index in [1.165, 1.54) is 48.8 Å². The molecule has 0 aliphatic carbocycles. The number of carboxylic acids is 1. The van der Waals surface area contributed by atoms with Crippen molar-refractivity contribution < 1.29 is 9.90 Å². The fraction of sp³-hybridized carbons (Fsp3) is 0.700. The van der Waals surface area contributed by atoms with E-state index in [0.717, 1.165) is 14.4 Å². The van der Waals surface area contributed by atoms with E-state index in [4.69, 9.17) is 5.11 Å². The van der Waals surface area contributed by atoms with Crippen LogP contribution in [-0.2, 0) is 4.79 Å². The van der Waals surface area contributed by atoms with Crippen molar-refractivity contribution in [3.8, 4) is 0 Å². The summed E-state index contributed by atoms with van der Waals surface area (Å²) in [6.45, 7) is 2.20. The zero-order valence-electron chi connectivity index (χ0n) is 9.72. The zero-order valence-corrected chi connectivity index (χ0v) is 12.2. The molecule has 0 aliphatic heterocycles. The summed E-state index contributed by atoms with van der Waals surface area (Å²) in [6.07, 6.45) is 5.01. The van der Waals surface area contributed by atoms with Crippen LogP contribution >= 0.6 is 34.9 Å². The molecule has 1 heterocycles. The van der Waals surface area contributed by atoms with Crippen molar-refractivity contribution >= 4 is 40.8 Å². The van der Waals surface area contributed by atoms with Crippen LogP contribution in [0.1, 0.15) is 32.6 Å². The molecule has 0 bridgehead atoms. The number of hydrogen-bond acceptors (Lipinski definition) is 6. The second kappa shape index (κ2) is 8.77. The van der Waals surface area contributed by atoms with Crippen molar-refractivity contribution in [2.24, 2.45) is 0 Å². The van der Waals surface area contributed by atoms with E-state index >= 15 is 0 Å². The summed E-state index contributed by atoms with van der Waals surface area (Å²) in [7, 11) is 0. The van der Waals surface area contributed by atoms with E-state index in [1.807, 2.05) is 0 Å². The number of aliphatic carboxylic acids is 1. The quantitative estimate of drug-likeness (QED) is 0.556. The molecular formula is C10H16N2O2S3. The van der Waals surface area contributed by atoms with Crippen molar-refractivity contribution in [2.45, 2.75) is 41.3 Å². The molecule has 0 atom stereocenters. The highest BCUT2D eigenvalue weighted by Crippen LogP contribution is 2.29. The SMILES string of the molecule is CCCCCCSc1nnc(SCC(=O)O)s1. The van der Waals surface area contributed by atoms with Gasteiger partial charge in [-0.1, -0.05) is 61.0 Å². The number of aromatic nitrogens is 2. The molecule has 1 rings (SSSR count). The van der Waals surface area contributed by atoms with Gasteiger partial charge in [0.05, 0.1) is 5.75 Å². The molecule has 0 amide bonds. The van der Waals surface area contributed by atoms with Gasteiger partial charge in [-0.05, 0) is 6.42 Å². The van der Waals surface area contributed by atoms with E-state index in [0.29, 0.717) is 0 Å². The molecule has 0 radical (unpaired) electrons. The highest BCUT2D eigenvalue weighted by Gasteiger charge is 2.07. The number of thioether (sulfide) groups is 2.